The first-order valence-corrected chi connectivity index (χ1v) is 7.58. The summed E-state index contributed by atoms with van der Waals surface area (Å²) in [5, 5.41) is 1.25. The first kappa shape index (κ1) is 13.5. The highest BCUT2D eigenvalue weighted by Gasteiger charge is 2.30. The van der Waals surface area contributed by atoms with Gasteiger partial charge in [0, 0.05) is 17.6 Å². The van der Waals surface area contributed by atoms with Crippen molar-refractivity contribution in [2.45, 2.75) is 38.6 Å². The maximum Gasteiger partial charge on any atom is 0.0704 e. The molecule has 0 bridgehead atoms. The molecule has 3 rings (SSSR count). The highest BCUT2D eigenvalue weighted by molar-refractivity contribution is 5.81. The highest BCUT2D eigenvalue weighted by atomic mass is 15.2. The van der Waals surface area contributed by atoms with Gasteiger partial charge >= 0.3 is 0 Å². The van der Waals surface area contributed by atoms with E-state index in [4.69, 9.17) is 5.84 Å². The molecule has 0 spiro atoms. The smallest absolute Gasteiger partial charge is 0.0704 e. The van der Waals surface area contributed by atoms with Crippen molar-refractivity contribution >= 4 is 10.9 Å². The Labute approximate surface area is 120 Å². The first-order chi connectivity index (χ1) is 9.79. The van der Waals surface area contributed by atoms with E-state index < -0.39 is 0 Å². The minimum Gasteiger partial charge on any atom is -0.271 e. The van der Waals surface area contributed by atoms with Gasteiger partial charge in [-0.15, -0.1) is 0 Å². The Kier molecular flexibility index (Phi) is 3.99. The molecule has 0 aliphatic heterocycles. The predicted molar refractivity (Wildman–Crippen MR) is 83.1 cm³/mol. The third kappa shape index (κ3) is 2.56. The van der Waals surface area contributed by atoms with Gasteiger partial charge in [0.2, 0.25) is 0 Å². The van der Waals surface area contributed by atoms with E-state index in [1.165, 1.54) is 30.2 Å². The van der Waals surface area contributed by atoms with Gasteiger partial charge in [0.05, 0.1) is 5.52 Å². The van der Waals surface area contributed by atoms with Gasteiger partial charge in [-0.1, -0.05) is 38.0 Å². The Morgan fingerprint density at radius 3 is 2.90 bits per heavy atom. The number of benzene rings is 1. The molecule has 1 aromatic carbocycles. The quantitative estimate of drug-likeness (QED) is 0.662. The second-order valence-corrected chi connectivity index (χ2v) is 6.04. The monoisotopic (exact) mass is 269 g/mol. The lowest BCUT2D eigenvalue weighted by molar-refractivity contribution is 0.298. The number of para-hydroxylation sites is 1. The highest BCUT2D eigenvalue weighted by Crippen LogP contribution is 2.35. The van der Waals surface area contributed by atoms with E-state index in [9.17, 15) is 0 Å². The largest absolute Gasteiger partial charge is 0.271 e. The number of hydrazine groups is 1. The summed E-state index contributed by atoms with van der Waals surface area (Å²) in [5.41, 5.74) is 5.48. The summed E-state index contributed by atoms with van der Waals surface area (Å²) < 4.78 is 0. The summed E-state index contributed by atoms with van der Waals surface area (Å²) in [4.78, 5) is 4.44. The first-order valence-electron chi connectivity index (χ1n) is 7.58. The van der Waals surface area contributed by atoms with E-state index in [0.29, 0.717) is 12.0 Å². The molecule has 0 amide bonds. The summed E-state index contributed by atoms with van der Waals surface area (Å²) in [6.45, 7) is 2.35. The van der Waals surface area contributed by atoms with Crippen molar-refractivity contribution in [2.24, 2.45) is 17.7 Å². The van der Waals surface area contributed by atoms with Crippen LogP contribution in [0.25, 0.3) is 10.9 Å². The number of rotatable bonds is 4. The van der Waals surface area contributed by atoms with E-state index in [2.05, 4.69) is 41.6 Å². The number of hydrogen-bond donors (Lipinski definition) is 2. The molecule has 3 unspecified atom stereocenters. The number of nitrogens with two attached hydrogens (primary N) is 1. The molecular formula is C17H23N3. The average molecular weight is 269 g/mol. The molecule has 1 fully saturated rings. The van der Waals surface area contributed by atoms with E-state index in [1.54, 1.807) is 0 Å². The van der Waals surface area contributed by atoms with Gasteiger partial charge in [-0.05, 0) is 42.4 Å². The molecule has 1 aliphatic rings. The average Bonchev–Trinajstić information content (AvgIpc) is 2.91. The molecule has 106 valence electrons. The van der Waals surface area contributed by atoms with Crippen LogP contribution in [0.1, 0.15) is 31.7 Å². The summed E-state index contributed by atoms with van der Waals surface area (Å²) >= 11 is 0. The van der Waals surface area contributed by atoms with Crippen LogP contribution in [0, 0.1) is 11.8 Å². The Balaban J connectivity index is 1.87. The maximum atomic E-state index is 5.84. The van der Waals surface area contributed by atoms with Crippen molar-refractivity contribution in [1.29, 1.82) is 0 Å². The molecular weight excluding hydrogens is 246 g/mol. The minimum absolute atomic E-state index is 0.360. The Morgan fingerprint density at radius 1 is 1.30 bits per heavy atom. The zero-order chi connectivity index (χ0) is 13.9. The fourth-order valence-electron chi connectivity index (χ4n) is 3.68. The van der Waals surface area contributed by atoms with Gasteiger partial charge in [-0.3, -0.25) is 16.3 Å². The van der Waals surface area contributed by atoms with E-state index in [1.807, 2.05) is 12.3 Å². The number of pyridine rings is 1. The van der Waals surface area contributed by atoms with Gasteiger partial charge in [0.1, 0.15) is 0 Å². The van der Waals surface area contributed by atoms with Crippen LogP contribution in [-0.2, 0) is 6.42 Å². The molecule has 3 nitrogen and oxygen atoms in total. The normalized spacial score (nSPS) is 24.1. The van der Waals surface area contributed by atoms with E-state index >= 15 is 0 Å². The van der Waals surface area contributed by atoms with E-state index in [0.717, 1.165) is 17.9 Å². The zero-order valence-corrected chi connectivity index (χ0v) is 12.0. The van der Waals surface area contributed by atoms with Crippen molar-refractivity contribution in [1.82, 2.24) is 10.4 Å². The van der Waals surface area contributed by atoms with Crippen molar-refractivity contribution in [2.75, 3.05) is 0 Å². The molecule has 0 saturated heterocycles. The Hall–Kier alpha value is -1.45. The number of aromatic nitrogens is 1. The third-order valence-corrected chi connectivity index (χ3v) is 4.84. The summed E-state index contributed by atoms with van der Waals surface area (Å²) in [6.07, 6.45) is 6.85. The van der Waals surface area contributed by atoms with Gasteiger partial charge in [0.25, 0.3) is 0 Å². The second kappa shape index (κ2) is 5.90. The topological polar surface area (TPSA) is 50.9 Å². The van der Waals surface area contributed by atoms with Gasteiger partial charge < -0.3 is 0 Å². The molecule has 20 heavy (non-hydrogen) atoms. The van der Waals surface area contributed by atoms with Gasteiger partial charge in [-0.25, -0.2) is 0 Å². The van der Waals surface area contributed by atoms with Crippen molar-refractivity contribution in [3.05, 3.63) is 42.1 Å². The standard InChI is InChI=1S/C17H23N3/c1-12-5-4-7-14(12)17(20-18)11-13-9-10-19-16-8-3-2-6-15(13)16/h2-3,6,8-10,12,14,17,20H,4-5,7,11,18H2,1H3. The van der Waals surface area contributed by atoms with Crippen LogP contribution < -0.4 is 11.3 Å². The van der Waals surface area contributed by atoms with Gasteiger partial charge in [-0.2, -0.15) is 0 Å². The Morgan fingerprint density at radius 2 is 2.15 bits per heavy atom. The number of nitrogens with one attached hydrogen (secondary N) is 1. The third-order valence-electron chi connectivity index (χ3n) is 4.84. The summed E-state index contributed by atoms with van der Waals surface area (Å²) in [7, 11) is 0. The molecule has 1 aliphatic carbocycles. The summed E-state index contributed by atoms with van der Waals surface area (Å²) in [5.74, 6) is 7.30. The minimum atomic E-state index is 0.360. The lowest BCUT2D eigenvalue weighted by Gasteiger charge is -2.26. The van der Waals surface area contributed by atoms with Crippen LogP contribution in [0.4, 0.5) is 0 Å². The lowest BCUT2D eigenvalue weighted by atomic mass is 9.86. The Bertz CT molecular complexity index is 576. The summed E-state index contributed by atoms with van der Waals surface area (Å²) in [6, 6.07) is 10.8. The fraction of sp³-hybridized carbons (Fsp3) is 0.471. The molecule has 2 aromatic rings. The molecule has 3 N–H and O–H groups in total. The van der Waals surface area contributed by atoms with Gasteiger partial charge in [0.15, 0.2) is 0 Å². The number of fused-ring (bicyclic) bond motifs is 1. The van der Waals surface area contributed by atoms with Crippen molar-refractivity contribution < 1.29 is 0 Å². The van der Waals surface area contributed by atoms with Crippen LogP contribution in [0.15, 0.2) is 36.5 Å². The van der Waals surface area contributed by atoms with Crippen LogP contribution >= 0.6 is 0 Å². The molecule has 1 heterocycles. The fourth-order valence-corrected chi connectivity index (χ4v) is 3.68. The number of nitrogens with zero attached hydrogens (tertiary/aromatic N) is 1. The van der Waals surface area contributed by atoms with E-state index in [-0.39, 0.29) is 0 Å². The van der Waals surface area contributed by atoms with Crippen molar-refractivity contribution in [3.63, 3.8) is 0 Å². The van der Waals surface area contributed by atoms with Crippen LogP contribution in [0.5, 0.6) is 0 Å². The molecule has 1 aromatic heterocycles. The number of hydrogen-bond acceptors (Lipinski definition) is 3. The second-order valence-electron chi connectivity index (χ2n) is 6.04. The van der Waals surface area contributed by atoms with Crippen LogP contribution in [-0.4, -0.2) is 11.0 Å². The molecule has 0 radical (unpaired) electrons. The van der Waals surface area contributed by atoms with Crippen molar-refractivity contribution in [3.8, 4) is 0 Å². The maximum absolute atomic E-state index is 5.84. The zero-order valence-electron chi connectivity index (χ0n) is 12.0. The SMILES string of the molecule is CC1CCCC1C(Cc1ccnc2ccccc12)NN. The molecule has 3 heteroatoms. The molecule has 1 saturated carbocycles. The van der Waals surface area contributed by atoms with Crippen LogP contribution in [0.3, 0.4) is 0 Å². The predicted octanol–water partition coefficient (Wildman–Crippen LogP) is 3.05. The lowest BCUT2D eigenvalue weighted by Crippen LogP contribution is -2.43. The molecule has 3 atom stereocenters. The van der Waals surface area contributed by atoms with Crippen LogP contribution in [0.2, 0.25) is 0 Å².